The molecule has 0 spiro atoms. The van der Waals surface area contributed by atoms with Crippen molar-refractivity contribution in [2.75, 3.05) is 19.7 Å². The van der Waals surface area contributed by atoms with Gasteiger partial charge >= 0.3 is 0 Å². The minimum atomic E-state index is -0.108. The van der Waals surface area contributed by atoms with Gasteiger partial charge in [0.2, 0.25) is 5.91 Å². The van der Waals surface area contributed by atoms with E-state index in [4.69, 9.17) is 10.00 Å². The van der Waals surface area contributed by atoms with E-state index in [1.54, 1.807) is 4.90 Å². The van der Waals surface area contributed by atoms with Gasteiger partial charge in [0.1, 0.15) is 0 Å². The molecule has 1 aliphatic heterocycles. The van der Waals surface area contributed by atoms with Crippen LogP contribution in [0.4, 0.5) is 0 Å². The van der Waals surface area contributed by atoms with Crippen LogP contribution >= 0.6 is 0 Å². The van der Waals surface area contributed by atoms with Gasteiger partial charge in [0, 0.05) is 13.1 Å². The van der Waals surface area contributed by atoms with Gasteiger partial charge in [-0.05, 0) is 27.2 Å². The summed E-state index contributed by atoms with van der Waals surface area (Å²) in [7, 11) is 0. The van der Waals surface area contributed by atoms with Gasteiger partial charge in [0.25, 0.3) is 0 Å². The maximum absolute atomic E-state index is 12.1. The molecule has 4 heteroatoms. The van der Waals surface area contributed by atoms with Crippen LogP contribution < -0.4 is 0 Å². The van der Waals surface area contributed by atoms with Gasteiger partial charge in [0.05, 0.1) is 30.6 Å². The van der Waals surface area contributed by atoms with Crippen LogP contribution in [0.3, 0.4) is 0 Å². The molecule has 1 amide bonds. The number of nitrogens with zero attached hydrogens (tertiary/aromatic N) is 2. The van der Waals surface area contributed by atoms with Gasteiger partial charge < -0.3 is 9.64 Å². The molecule has 4 nitrogen and oxygen atoms in total. The van der Waals surface area contributed by atoms with Gasteiger partial charge in [0.15, 0.2) is 0 Å². The molecule has 3 unspecified atom stereocenters. The summed E-state index contributed by atoms with van der Waals surface area (Å²) in [6.07, 6.45) is 0.983. The van der Waals surface area contributed by atoms with Crippen LogP contribution in [0.2, 0.25) is 0 Å². The summed E-state index contributed by atoms with van der Waals surface area (Å²) >= 11 is 0. The van der Waals surface area contributed by atoms with E-state index in [9.17, 15) is 4.79 Å². The van der Waals surface area contributed by atoms with E-state index in [1.165, 1.54) is 0 Å². The van der Waals surface area contributed by atoms with Crippen molar-refractivity contribution in [2.24, 2.45) is 11.8 Å². The van der Waals surface area contributed by atoms with E-state index in [0.29, 0.717) is 19.7 Å². The molecule has 0 aliphatic carbocycles. The first-order valence-electron chi connectivity index (χ1n) is 5.88. The largest absolute Gasteiger partial charge is 0.378 e. The second-order valence-electron chi connectivity index (χ2n) is 4.48. The monoisotopic (exact) mass is 224 g/mol. The Hall–Kier alpha value is -1.08. The summed E-state index contributed by atoms with van der Waals surface area (Å²) in [5.74, 6) is 0.0124. The van der Waals surface area contributed by atoms with Gasteiger partial charge in [-0.2, -0.15) is 5.26 Å². The minimum Gasteiger partial charge on any atom is -0.378 e. The predicted molar refractivity (Wildman–Crippen MR) is 60.6 cm³/mol. The molecular weight excluding hydrogens is 204 g/mol. The number of rotatable bonds is 4. The molecule has 0 aromatic carbocycles. The van der Waals surface area contributed by atoms with Crippen LogP contribution in [-0.4, -0.2) is 36.6 Å². The molecule has 1 rings (SSSR count). The Labute approximate surface area is 97.2 Å². The number of hydrogen-bond donors (Lipinski definition) is 0. The number of carbonyl (C=O) groups is 1. The SMILES string of the molecule is CCN(CC(C)C#N)C(=O)C1COC(C)C1. The first-order chi connectivity index (χ1) is 7.58. The van der Waals surface area contributed by atoms with E-state index in [-0.39, 0.29) is 23.8 Å². The minimum absolute atomic E-state index is 0.0131. The van der Waals surface area contributed by atoms with Crippen molar-refractivity contribution in [3.63, 3.8) is 0 Å². The number of nitriles is 1. The molecule has 16 heavy (non-hydrogen) atoms. The zero-order chi connectivity index (χ0) is 12.1. The first kappa shape index (κ1) is 13.0. The standard InChI is InChI=1S/C12H20N2O2/c1-4-14(7-9(2)6-13)12(15)11-5-10(3)16-8-11/h9-11H,4-5,7-8H2,1-3H3. The summed E-state index contributed by atoms with van der Waals surface area (Å²) in [4.78, 5) is 13.9. The number of amides is 1. The number of ether oxygens (including phenoxy) is 1. The van der Waals surface area contributed by atoms with E-state index in [1.807, 2.05) is 20.8 Å². The van der Waals surface area contributed by atoms with Crippen LogP contribution in [0.5, 0.6) is 0 Å². The van der Waals surface area contributed by atoms with Crippen LogP contribution in [0.1, 0.15) is 27.2 Å². The highest BCUT2D eigenvalue weighted by Crippen LogP contribution is 2.21. The molecule has 0 aromatic heterocycles. The fraction of sp³-hybridized carbons (Fsp3) is 0.833. The molecule has 3 atom stereocenters. The topological polar surface area (TPSA) is 53.3 Å². The molecule has 0 bridgehead atoms. The summed E-state index contributed by atoms with van der Waals surface area (Å²) in [6, 6.07) is 2.16. The number of carbonyl (C=O) groups excluding carboxylic acids is 1. The molecule has 1 saturated heterocycles. The van der Waals surface area contributed by atoms with Gasteiger partial charge in [-0.15, -0.1) is 0 Å². The lowest BCUT2D eigenvalue weighted by Crippen LogP contribution is -2.38. The highest BCUT2D eigenvalue weighted by molar-refractivity contribution is 5.79. The lowest BCUT2D eigenvalue weighted by Gasteiger charge is -2.24. The molecule has 1 aliphatic rings. The average molecular weight is 224 g/mol. The van der Waals surface area contributed by atoms with E-state index >= 15 is 0 Å². The third-order valence-corrected chi connectivity index (χ3v) is 2.96. The van der Waals surface area contributed by atoms with Crippen molar-refractivity contribution in [1.82, 2.24) is 4.90 Å². The Balaban J connectivity index is 2.53. The molecule has 1 heterocycles. The quantitative estimate of drug-likeness (QED) is 0.725. The second-order valence-corrected chi connectivity index (χ2v) is 4.48. The van der Waals surface area contributed by atoms with Crippen molar-refractivity contribution in [2.45, 2.75) is 33.3 Å². The fourth-order valence-electron chi connectivity index (χ4n) is 1.99. The average Bonchev–Trinajstić information content (AvgIpc) is 2.71. The van der Waals surface area contributed by atoms with Crippen LogP contribution in [-0.2, 0) is 9.53 Å². The van der Waals surface area contributed by atoms with Gasteiger partial charge in [-0.1, -0.05) is 0 Å². The van der Waals surface area contributed by atoms with Crippen LogP contribution in [0.15, 0.2) is 0 Å². The third-order valence-electron chi connectivity index (χ3n) is 2.96. The molecule has 0 radical (unpaired) electrons. The zero-order valence-electron chi connectivity index (χ0n) is 10.3. The normalized spacial score (nSPS) is 26.1. The van der Waals surface area contributed by atoms with Crippen molar-refractivity contribution in [1.29, 1.82) is 5.26 Å². The highest BCUT2D eigenvalue weighted by Gasteiger charge is 2.31. The van der Waals surface area contributed by atoms with Gasteiger partial charge in [-0.25, -0.2) is 0 Å². The number of hydrogen-bond acceptors (Lipinski definition) is 3. The summed E-state index contributed by atoms with van der Waals surface area (Å²) in [5.41, 5.74) is 0. The van der Waals surface area contributed by atoms with Crippen molar-refractivity contribution < 1.29 is 9.53 Å². The van der Waals surface area contributed by atoms with E-state index in [2.05, 4.69) is 6.07 Å². The Morgan fingerprint density at radius 1 is 1.69 bits per heavy atom. The Kier molecular flexibility index (Phi) is 4.75. The summed E-state index contributed by atoms with van der Waals surface area (Å²) < 4.78 is 5.40. The molecular formula is C12H20N2O2. The first-order valence-corrected chi connectivity index (χ1v) is 5.88. The smallest absolute Gasteiger partial charge is 0.228 e. The lowest BCUT2D eigenvalue weighted by molar-refractivity contribution is -0.135. The summed E-state index contributed by atoms with van der Waals surface area (Å²) in [6.45, 7) is 7.48. The Bertz CT molecular complexity index is 285. The van der Waals surface area contributed by atoms with E-state index < -0.39 is 0 Å². The predicted octanol–water partition coefficient (Wildman–Crippen LogP) is 1.42. The maximum atomic E-state index is 12.1. The molecule has 1 fully saturated rings. The highest BCUT2D eigenvalue weighted by atomic mass is 16.5. The van der Waals surface area contributed by atoms with Crippen LogP contribution in [0, 0.1) is 23.2 Å². The van der Waals surface area contributed by atoms with Crippen LogP contribution in [0.25, 0.3) is 0 Å². The second kappa shape index (κ2) is 5.86. The molecule has 0 aromatic rings. The van der Waals surface area contributed by atoms with Crippen molar-refractivity contribution >= 4 is 5.91 Å². The van der Waals surface area contributed by atoms with Crippen molar-refractivity contribution in [3.8, 4) is 6.07 Å². The lowest BCUT2D eigenvalue weighted by atomic mass is 10.0. The zero-order valence-corrected chi connectivity index (χ0v) is 10.3. The van der Waals surface area contributed by atoms with Crippen molar-refractivity contribution in [3.05, 3.63) is 0 Å². The summed E-state index contributed by atoms with van der Waals surface area (Å²) in [5, 5.41) is 8.76. The van der Waals surface area contributed by atoms with E-state index in [0.717, 1.165) is 6.42 Å². The Morgan fingerprint density at radius 2 is 2.38 bits per heavy atom. The fourth-order valence-corrected chi connectivity index (χ4v) is 1.99. The molecule has 90 valence electrons. The van der Waals surface area contributed by atoms with Gasteiger partial charge in [-0.3, -0.25) is 4.79 Å². The third kappa shape index (κ3) is 3.21. The Morgan fingerprint density at radius 3 is 2.81 bits per heavy atom. The maximum Gasteiger partial charge on any atom is 0.228 e. The molecule has 0 N–H and O–H groups in total. The molecule has 0 saturated carbocycles.